The lowest BCUT2D eigenvalue weighted by atomic mass is 10.1. The van der Waals surface area contributed by atoms with Crippen molar-refractivity contribution in [1.29, 1.82) is 0 Å². The van der Waals surface area contributed by atoms with Gasteiger partial charge in [-0.25, -0.2) is 0 Å². The van der Waals surface area contributed by atoms with E-state index < -0.39 is 0 Å². The minimum absolute atomic E-state index is 0.385. The van der Waals surface area contributed by atoms with Crippen molar-refractivity contribution in [3.05, 3.63) is 57.6 Å². The summed E-state index contributed by atoms with van der Waals surface area (Å²) in [5, 5.41) is 5.19. The predicted octanol–water partition coefficient (Wildman–Crippen LogP) is 4.64. The molecule has 2 aromatic carbocycles. The zero-order valence-electron chi connectivity index (χ0n) is 12.2. The van der Waals surface area contributed by atoms with E-state index in [2.05, 4.69) is 22.3 Å². The second-order valence-corrected chi connectivity index (χ2v) is 6.59. The Morgan fingerprint density at radius 1 is 0.952 bits per heavy atom. The third-order valence-electron chi connectivity index (χ3n) is 3.90. The molecule has 2 aromatic rings. The van der Waals surface area contributed by atoms with Crippen LogP contribution in [0.15, 0.2) is 36.4 Å². The van der Waals surface area contributed by atoms with Gasteiger partial charge in [-0.3, -0.25) is 0 Å². The fraction of sp³-hybridized carbons (Fsp3) is 0.294. The molecule has 1 N–H and O–H groups in total. The van der Waals surface area contributed by atoms with Crippen molar-refractivity contribution in [3.8, 4) is 0 Å². The quantitative estimate of drug-likeness (QED) is 0.886. The fourth-order valence-corrected chi connectivity index (χ4v) is 3.29. The van der Waals surface area contributed by atoms with E-state index in [9.17, 15) is 0 Å². The Hall–Kier alpha value is -1.38. The molecule has 0 saturated heterocycles. The summed E-state index contributed by atoms with van der Waals surface area (Å²) in [6, 6.07) is 12.5. The van der Waals surface area contributed by atoms with Crippen molar-refractivity contribution in [2.24, 2.45) is 0 Å². The fourth-order valence-electron chi connectivity index (χ4n) is 2.92. The van der Waals surface area contributed by atoms with Gasteiger partial charge in [-0.15, -0.1) is 0 Å². The van der Waals surface area contributed by atoms with Gasteiger partial charge in [0.15, 0.2) is 0 Å². The molecule has 1 unspecified atom stereocenters. The van der Waals surface area contributed by atoms with Crippen LogP contribution in [0.4, 0.5) is 11.4 Å². The van der Waals surface area contributed by atoms with Crippen LogP contribution in [-0.2, 0) is 12.8 Å². The summed E-state index contributed by atoms with van der Waals surface area (Å²) in [5.74, 6) is 0. The average Bonchev–Trinajstić information content (AvgIpc) is 2.79. The summed E-state index contributed by atoms with van der Waals surface area (Å²) < 4.78 is 0. The molecule has 0 fully saturated rings. The summed E-state index contributed by atoms with van der Waals surface area (Å²) >= 11 is 12.2. The van der Waals surface area contributed by atoms with E-state index in [0.29, 0.717) is 6.04 Å². The monoisotopic (exact) mass is 320 g/mol. The highest BCUT2D eigenvalue weighted by molar-refractivity contribution is 6.31. The number of hydrogen-bond donors (Lipinski definition) is 1. The van der Waals surface area contributed by atoms with Crippen molar-refractivity contribution in [1.82, 2.24) is 0 Å². The topological polar surface area (TPSA) is 15.3 Å². The molecule has 0 saturated carbocycles. The number of nitrogens with one attached hydrogen (secondary N) is 1. The van der Waals surface area contributed by atoms with Crippen LogP contribution in [0.5, 0.6) is 0 Å². The third kappa shape index (κ3) is 3.12. The summed E-state index contributed by atoms with van der Waals surface area (Å²) in [4.78, 5) is 2.09. The number of rotatable bonds is 3. The Bertz CT molecular complexity index is 668. The summed E-state index contributed by atoms with van der Waals surface area (Å²) in [7, 11) is 4.08. The van der Waals surface area contributed by atoms with Crippen LogP contribution in [0.2, 0.25) is 10.0 Å². The minimum atomic E-state index is 0.385. The molecule has 1 aliphatic carbocycles. The molecule has 3 rings (SSSR count). The zero-order valence-corrected chi connectivity index (χ0v) is 13.7. The Balaban J connectivity index is 1.81. The molecule has 4 heteroatoms. The number of nitrogens with zero attached hydrogens (tertiary/aromatic N) is 1. The molecule has 0 aromatic heterocycles. The van der Waals surface area contributed by atoms with Gasteiger partial charge >= 0.3 is 0 Å². The van der Waals surface area contributed by atoms with E-state index >= 15 is 0 Å². The molecule has 0 amide bonds. The first-order chi connectivity index (χ1) is 10.0. The molecular weight excluding hydrogens is 303 g/mol. The van der Waals surface area contributed by atoms with E-state index in [4.69, 9.17) is 23.2 Å². The van der Waals surface area contributed by atoms with Gasteiger partial charge in [-0.1, -0.05) is 29.3 Å². The molecule has 0 bridgehead atoms. The Labute approximate surface area is 135 Å². The standard InChI is InChI=1S/C17H18Cl2N2/c1-21(2)17-6-5-14(19)10-16(17)20-15-8-11-3-4-13(18)7-12(11)9-15/h3-7,10,15,20H,8-9H2,1-2H3. The van der Waals surface area contributed by atoms with Crippen LogP contribution in [0.25, 0.3) is 0 Å². The first kappa shape index (κ1) is 14.6. The third-order valence-corrected chi connectivity index (χ3v) is 4.37. The molecule has 0 spiro atoms. The number of halogens is 2. The molecule has 0 aliphatic heterocycles. The largest absolute Gasteiger partial charge is 0.380 e. The Kier molecular flexibility index (Phi) is 4.01. The maximum Gasteiger partial charge on any atom is 0.0597 e. The van der Waals surface area contributed by atoms with E-state index in [0.717, 1.165) is 34.3 Å². The van der Waals surface area contributed by atoms with Crippen LogP contribution in [-0.4, -0.2) is 20.1 Å². The zero-order chi connectivity index (χ0) is 15.0. The number of fused-ring (bicyclic) bond motifs is 1. The van der Waals surface area contributed by atoms with Gasteiger partial charge in [0.05, 0.1) is 11.4 Å². The van der Waals surface area contributed by atoms with Gasteiger partial charge in [0.2, 0.25) is 0 Å². The van der Waals surface area contributed by atoms with Gasteiger partial charge in [-0.2, -0.15) is 0 Å². The highest BCUT2D eigenvalue weighted by atomic mass is 35.5. The van der Waals surface area contributed by atoms with Gasteiger partial charge in [0.1, 0.15) is 0 Å². The molecule has 21 heavy (non-hydrogen) atoms. The summed E-state index contributed by atoms with van der Waals surface area (Å²) in [5.41, 5.74) is 4.95. The highest BCUT2D eigenvalue weighted by Gasteiger charge is 2.22. The van der Waals surface area contributed by atoms with E-state index in [-0.39, 0.29) is 0 Å². The SMILES string of the molecule is CN(C)c1ccc(Cl)cc1NC1Cc2ccc(Cl)cc2C1. The maximum absolute atomic E-state index is 6.14. The second kappa shape index (κ2) is 5.78. The number of benzene rings is 2. The lowest BCUT2D eigenvalue weighted by Crippen LogP contribution is -2.21. The average molecular weight is 321 g/mol. The summed E-state index contributed by atoms with van der Waals surface area (Å²) in [6.07, 6.45) is 2.02. The molecule has 0 radical (unpaired) electrons. The van der Waals surface area contributed by atoms with Gasteiger partial charge < -0.3 is 10.2 Å². The van der Waals surface area contributed by atoms with Gasteiger partial charge in [0, 0.05) is 30.2 Å². The Morgan fingerprint density at radius 3 is 2.38 bits per heavy atom. The predicted molar refractivity (Wildman–Crippen MR) is 92.0 cm³/mol. The maximum atomic E-state index is 6.14. The van der Waals surface area contributed by atoms with Crippen molar-refractivity contribution in [2.45, 2.75) is 18.9 Å². The minimum Gasteiger partial charge on any atom is -0.380 e. The van der Waals surface area contributed by atoms with Crippen LogP contribution >= 0.6 is 23.2 Å². The highest BCUT2D eigenvalue weighted by Crippen LogP contribution is 2.32. The lowest BCUT2D eigenvalue weighted by Gasteiger charge is -2.21. The normalized spacial score (nSPS) is 16.7. The smallest absolute Gasteiger partial charge is 0.0597 e. The van der Waals surface area contributed by atoms with Gasteiger partial charge in [0.25, 0.3) is 0 Å². The van der Waals surface area contributed by atoms with E-state index in [1.165, 1.54) is 11.1 Å². The molecule has 1 aliphatic rings. The van der Waals surface area contributed by atoms with E-state index in [1.54, 1.807) is 0 Å². The van der Waals surface area contributed by atoms with Crippen molar-refractivity contribution >= 4 is 34.6 Å². The number of hydrogen-bond acceptors (Lipinski definition) is 2. The lowest BCUT2D eigenvalue weighted by molar-refractivity contribution is 0.774. The number of anilines is 2. The van der Waals surface area contributed by atoms with Crippen LogP contribution in [0.1, 0.15) is 11.1 Å². The first-order valence-electron chi connectivity index (χ1n) is 7.03. The van der Waals surface area contributed by atoms with Crippen LogP contribution < -0.4 is 10.2 Å². The molecular formula is C17H18Cl2N2. The van der Waals surface area contributed by atoms with E-state index in [1.807, 2.05) is 38.4 Å². The second-order valence-electron chi connectivity index (χ2n) is 5.72. The molecule has 2 nitrogen and oxygen atoms in total. The summed E-state index contributed by atoms with van der Waals surface area (Å²) in [6.45, 7) is 0. The molecule has 0 heterocycles. The van der Waals surface area contributed by atoms with Crippen LogP contribution in [0.3, 0.4) is 0 Å². The van der Waals surface area contributed by atoms with Crippen molar-refractivity contribution < 1.29 is 0 Å². The Morgan fingerprint density at radius 2 is 1.62 bits per heavy atom. The van der Waals surface area contributed by atoms with Crippen LogP contribution in [0, 0.1) is 0 Å². The van der Waals surface area contributed by atoms with Gasteiger partial charge in [-0.05, 0) is 54.3 Å². The molecule has 1 atom stereocenters. The molecule has 110 valence electrons. The first-order valence-corrected chi connectivity index (χ1v) is 7.79. The van der Waals surface area contributed by atoms with Crippen molar-refractivity contribution in [2.75, 3.05) is 24.3 Å². The van der Waals surface area contributed by atoms with Crippen molar-refractivity contribution in [3.63, 3.8) is 0 Å².